The molecule has 3 rings (SSSR count). The number of ether oxygens (including phenoxy) is 1. The van der Waals surface area contributed by atoms with Gasteiger partial charge in [0.25, 0.3) is 5.91 Å². The van der Waals surface area contributed by atoms with Crippen LogP contribution in [-0.4, -0.2) is 49.4 Å². The first-order valence-corrected chi connectivity index (χ1v) is 10.1. The van der Waals surface area contributed by atoms with E-state index in [1.807, 2.05) is 24.3 Å². The lowest BCUT2D eigenvalue weighted by Crippen LogP contribution is -2.47. The van der Waals surface area contributed by atoms with E-state index in [-0.39, 0.29) is 11.3 Å². The molecule has 27 heavy (non-hydrogen) atoms. The fourth-order valence-electron chi connectivity index (χ4n) is 3.32. The Labute approximate surface area is 163 Å². The summed E-state index contributed by atoms with van der Waals surface area (Å²) in [6.07, 6.45) is 1.99. The maximum Gasteiger partial charge on any atom is 0.252 e. The lowest BCUT2D eigenvalue weighted by atomic mass is 9.79. The van der Waals surface area contributed by atoms with E-state index < -0.39 is 0 Å². The molecule has 0 atom stereocenters. The van der Waals surface area contributed by atoms with Gasteiger partial charge in [-0.25, -0.2) is 0 Å². The number of carbonyl (C=O) groups excluding carboxylic acids is 1. The van der Waals surface area contributed by atoms with Gasteiger partial charge in [-0.2, -0.15) is 4.98 Å². The normalized spacial score (nSPS) is 16.2. The number of thioether (sulfide) groups is 1. The van der Waals surface area contributed by atoms with Gasteiger partial charge in [0, 0.05) is 24.0 Å². The van der Waals surface area contributed by atoms with Crippen LogP contribution in [0.2, 0.25) is 0 Å². The highest BCUT2D eigenvalue weighted by Gasteiger charge is 2.32. The van der Waals surface area contributed by atoms with Crippen molar-refractivity contribution in [3.05, 3.63) is 41.5 Å². The molecule has 0 saturated carbocycles. The molecule has 1 amide bonds. The minimum absolute atomic E-state index is 0.000961. The predicted octanol–water partition coefficient (Wildman–Crippen LogP) is 2.42. The molecule has 1 saturated heterocycles. The summed E-state index contributed by atoms with van der Waals surface area (Å²) in [6.45, 7) is 4.96. The van der Waals surface area contributed by atoms with Crippen LogP contribution in [0.1, 0.15) is 34.9 Å². The molecule has 0 unspecified atom stereocenters. The van der Waals surface area contributed by atoms with Crippen molar-refractivity contribution in [3.8, 4) is 0 Å². The Bertz CT molecular complexity index is 753. The maximum absolute atomic E-state index is 12.8. The number of hydrogen-bond donors (Lipinski definition) is 2. The molecule has 1 fully saturated rings. The van der Waals surface area contributed by atoms with Crippen LogP contribution in [0.5, 0.6) is 0 Å². The van der Waals surface area contributed by atoms with Gasteiger partial charge in [0.1, 0.15) is 0 Å². The van der Waals surface area contributed by atoms with E-state index in [9.17, 15) is 4.79 Å². The van der Waals surface area contributed by atoms with Crippen molar-refractivity contribution in [2.75, 3.05) is 33.4 Å². The molecule has 0 spiro atoms. The van der Waals surface area contributed by atoms with Gasteiger partial charge < -0.3 is 19.9 Å². The number of methoxy groups -OCH3 is 1. The maximum atomic E-state index is 12.8. The van der Waals surface area contributed by atoms with Crippen LogP contribution in [0.15, 0.2) is 33.7 Å². The molecule has 0 aliphatic carbocycles. The SMILES string of the molecule is COCC1(CNC(=O)c2ccccc2SCc2nc(C)no2)CCNCC1. The smallest absolute Gasteiger partial charge is 0.252 e. The monoisotopic (exact) mass is 390 g/mol. The Hall–Kier alpha value is -1.90. The molecular formula is C19H26N4O3S. The first kappa shape index (κ1) is 19.9. The van der Waals surface area contributed by atoms with E-state index in [4.69, 9.17) is 9.26 Å². The van der Waals surface area contributed by atoms with Gasteiger partial charge in [0.2, 0.25) is 5.89 Å². The molecule has 1 aliphatic heterocycles. The highest BCUT2D eigenvalue weighted by molar-refractivity contribution is 7.98. The second kappa shape index (κ2) is 9.34. The molecule has 0 bridgehead atoms. The minimum Gasteiger partial charge on any atom is -0.384 e. The van der Waals surface area contributed by atoms with Gasteiger partial charge in [-0.15, -0.1) is 11.8 Å². The van der Waals surface area contributed by atoms with Gasteiger partial charge in [-0.1, -0.05) is 17.3 Å². The average molecular weight is 391 g/mol. The lowest BCUT2D eigenvalue weighted by Gasteiger charge is -2.37. The zero-order chi connectivity index (χ0) is 19.1. The van der Waals surface area contributed by atoms with Gasteiger partial charge in [-0.05, 0) is 45.0 Å². The second-order valence-corrected chi connectivity index (χ2v) is 7.90. The van der Waals surface area contributed by atoms with Crippen molar-refractivity contribution in [3.63, 3.8) is 0 Å². The Morgan fingerprint density at radius 2 is 2.15 bits per heavy atom. The quantitative estimate of drug-likeness (QED) is 0.669. The largest absolute Gasteiger partial charge is 0.384 e. The van der Waals surface area contributed by atoms with Crippen molar-refractivity contribution >= 4 is 17.7 Å². The van der Waals surface area contributed by atoms with E-state index in [2.05, 4.69) is 20.8 Å². The van der Waals surface area contributed by atoms with Crippen LogP contribution >= 0.6 is 11.8 Å². The number of amides is 1. The van der Waals surface area contributed by atoms with Crippen molar-refractivity contribution in [2.45, 2.75) is 30.4 Å². The summed E-state index contributed by atoms with van der Waals surface area (Å²) in [7, 11) is 1.72. The van der Waals surface area contributed by atoms with Crippen LogP contribution < -0.4 is 10.6 Å². The van der Waals surface area contributed by atoms with Crippen molar-refractivity contribution in [1.29, 1.82) is 0 Å². The fourth-order valence-corrected chi connectivity index (χ4v) is 4.20. The molecule has 146 valence electrons. The van der Waals surface area contributed by atoms with Crippen molar-refractivity contribution in [2.24, 2.45) is 5.41 Å². The topological polar surface area (TPSA) is 89.3 Å². The Balaban J connectivity index is 1.63. The van der Waals surface area contributed by atoms with E-state index in [1.165, 1.54) is 11.8 Å². The molecule has 1 aromatic heterocycles. The first-order valence-electron chi connectivity index (χ1n) is 9.11. The Morgan fingerprint density at radius 3 is 2.85 bits per heavy atom. The van der Waals surface area contributed by atoms with E-state index in [0.717, 1.165) is 30.8 Å². The number of nitrogens with zero attached hydrogens (tertiary/aromatic N) is 2. The van der Waals surface area contributed by atoms with Crippen LogP contribution in [0.3, 0.4) is 0 Å². The van der Waals surface area contributed by atoms with Gasteiger partial charge in [-0.3, -0.25) is 4.79 Å². The molecule has 8 heteroatoms. The first-order chi connectivity index (χ1) is 13.1. The summed E-state index contributed by atoms with van der Waals surface area (Å²) >= 11 is 1.52. The summed E-state index contributed by atoms with van der Waals surface area (Å²) in [6, 6.07) is 7.60. The van der Waals surface area contributed by atoms with Crippen molar-refractivity contribution in [1.82, 2.24) is 20.8 Å². The standard InChI is InChI=1S/C19H26N4O3S/c1-14-22-17(26-23-14)11-27-16-6-4-3-5-15(16)18(24)21-12-19(13-25-2)7-9-20-10-8-19/h3-6,20H,7-13H2,1-2H3,(H,21,24). The van der Waals surface area contributed by atoms with Crippen LogP contribution in [0.25, 0.3) is 0 Å². The molecule has 2 heterocycles. The highest BCUT2D eigenvalue weighted by atomic mass is 32.2. The number of rotatable bonds is 8. The Kier molecular flexibility index (Phi) is 6.87. The van der Waals surface area contributed by atoms with E-state index >= 15 is 0 Å². The fraction of sp³-hybridized carbons (Fsp3) is 0.526. The highest BCUT2D eigenvalue weighted by Crippen LogP contribution is 2.29. The number of carbonyl (C=O) groups is 1. The molecule has 1 aliphatic rings. The molecule has 2 N–H and O–H groups in total. The number of hydrogen-bond acceptors (Lipinski definition) is 7. The summed E-state index contributed by atoms with van der Waals surface area (Å²) in [5.41, 5.74) is 0.666. The third-order valence-corrected chi connectivity index (χ3v) is 5.85. The van der Waals surface area contributed by atoms with Crippen LogP contribution in [0, 0.1) is 12.3 Å². The number of piperidine rings is 1. The summed E-state index contributed by atoms with van der Waals surface area (Å²) < 4.78 is 10.6. The van der Waals surface area contributed by atoms with Gasteiger partial charge >= 0.3 is 0 Å². The van der Waals surface area contributed by atoms with Crippen LogP contribution in [-0.2, 0) is 10.5 Å². The summed E-state index contributed by atoms with van der Waals surface area (Å²) in [5.74, 6) is 1.64. The zero-order valence-electron chi connectivity index (χ0n) is 15.8. The second-order valence-electron chi connectivity index (χ2n) is 6.89. The summed E-state index contributed by atoms with van der Waals surface area (Å²) in [4.78, 5) is 17.9. The zero-order valence-corrected chi connectivity index (χ0v) is 16.6. The molecule has 7 nitrogen and oxygen atoms in total. The van der Waals surface area contributed by atoms with E-state index in [0.29, 0.717) is 36.2 Å². The number of nitrogens with one attached hydrogen (secondary N) is 2. The van der Waals surface area contributed by atoms with Gasteiger partial charge in [0.15, 0.2) is 5.82 Å². The van der Waals surface area contributed by atoms with Gasteiger partial charge in [0.05, 0.1) is 17.9 Å². The molecular weight excluding hydrogens is 364 g/mol. The number of aryl methyl sites for hydroxylation is 1. The minimum atomic E-state index is -0.0613. The average Bonchev–Trinajstić information content (AvgIpc) is 3.11. The third-order valence-electron chi connectivity index (χ3n) is 4.79. The molecule has 2 aromatic rings. The number of aromatic nitrogens is 2. The summed E-state index contributed by atoms with van der Waals surface area (Å²) in [5, 5.41) is 10.3. The number of benzene rings is 1. The molecule has 1 aromatic carbocycles. The van der Waals surface area contributed by atoms with Crippen molar-refractivity contribution < 1.29 is 14.1 Å². The molecule has 0 radical (unpaired) electrons. The predicted molar refractivity (Wildman–Crippen MR) is 104 cm³/mol. The van der Waals surface area contributed by atoms with Crippen LogP contribution in [0.4, 0.5) is 0 Å². The third kappa shape index (κ3) is 5.31. The lowest BCUT2D eigenvalue weighted by molar-refractivity contribution is 0.0511. The Morgan fingerprint density at radius 1 is 1.37 bits per heavy atom. The van der Waals surface area contributed by atoms with E-state index in [1.54, 1.807) is 14.0 Å².